The van der Waals surface area contributed by atoms with Gasteiger partial charge in [-0.25, -0.2) is 5.32 Å². The number of halogens is 3. The lowest BCUT2D eigenvalue weighted by Crippen LogP contribution is -2.31. The number of rotatable bonds is 1. The molecule has 0 heterocycles. The number of alkyl halides is 3. The fourth-order valence-electron chi connectivity index (χ4n) is 0.233. The van der Waals surface area contributed by atoms with Crippen LogP contribution in [0.15, 0.2) is 0 Å². The van der Waals surface area contributed by atoms with Crippen LogP contribution in [-0.4, -0.2) is 18.6 Å². The average Bonchev–Trinajstić information content (AvgIpc) is 1.64. The maximum atomic E-state index is 11.2. The number of carbonyl (C=O) groups is 1. The molecule has 0 aromatic heterocycles. The van der Waals surface area contributed by atoms with Crippen LogP contribution in [0.5, 0.6) is 0 Å². The molecule has 0 aromatic rings. The van der Waals surface area contributed by atoms with Crippen LogP contribution in [0, 0.1) is 0 Å². The first-order valence-electron chi connectivity index (χ1n) is 2.27. The number of amides is 1. The molecule has 0 aliphatic carbocycles. The van der Waals surface area contributed by atoms with Crippen LogP contribution in [0.3, 0.4) is 0 Å². The second-order valence-corrected chi connectivity index (χ2v) is 1.28. The standard InChI is InChI=1S/C4H5F3NO/c1-2-8-3(9)4(5,6)7/h2H2,1H3. The molecule has 0 N–H and O–H groups in total. The normalized spacial score (nSPS) is 11.1. The zero-order chi connectivity index (χ0) is 7.49. The summed E-state index contributed by atoms with van der Waals surface area (Å²) in [5.41, 5.74) is 0. The van der Waals surface area contributed by atoms with E-state index in [9.17, 15) is 18.0 Å². The molecule has 0 unspecified atom stereocenters. The molecule has 9 heavy (non-hydrogen) atoms. The van der Waals surface area contributed by atoms with E-state index in [0.29, 0.717) is 0 Å². The third-order valence-electron chi connectivity index (χ3n) is 0.544. The second-order valence-electron chi connectivity index (χ2n) is 1.28. The Kier molecular flexibility index (Phi) is 2.48. The van der Waals surface area contributed by atoms with E-state index in [1.807, 2.05) is 0 Å². The van der Waals surface area contributed by atoms with Crippen LogP contribution < -0.4 is 5.32 Å². The summed E-state index contributed by atoms with van der Waals surface area (Å²) in [6.07, 6.45) is -4.80. The lowest BCUT2D eigenvalue weighted by atomic mass is 10.6. The Bertz CT molecular complexity index is 109. The molecule has 0 aliphatic heterocycles. The predicted octanol–water partition coefficient (Wildman–Crippen LogP) is 0.700. The first-order valence-corrected chi connectivity index (χ1v) is 2.27. The van der Waals surface area contributed by atoms with Crippen molar-refractivity contribution in [1.29, 1.82) is 0 Å². The fourth-order valence-corrected chi connectivity index (χ4v) is 0.233. The molecule has 2 nitrogen and oxygen atoms in total. The van der Waals surface area contributed by atoms with Gasteiger partial charge in [0, 0.05) is 6.54 Å². The molecule has 5 heteroatoms. The van der Waals surface area contributed by atoms with Crippen molar-refractivity contribution in [3.63, 3.8) is 0 Å². The number of carbonyl (C=O) groups excluding carboxylic acids is 1. The maximum absolute atomic E-state index is 11.2. The zero-order valence-electron chi connectivity index (χ0n) is 4.70. The molecule has 1 amide bonds. The van der Waals surface area contributed by atoms with E-state index < -0.39 is 12.1 Å². The fraction of sp³-hybridized carbons (Fsp3) is 0.750. The van der Waals surface area contributed by atoms with E-state index in [-0.39, 0.29) is 6.54 Å². The van der Waals surface area contributed by atoms with E-state index in [1.165, 1.54) is 6.92 Å². The Labute approximate surface area is 50.0 Å². The highest BCUT2D eigenvalue weighted by atomic mass is 19.4. The van der Waals surface area contributed by atoms with Crippen LogP contribution in [0.4, 0.5) is 13.2 Å². The van der Waals surface area contributed by atoms with Crippen molar-refractivity contribution in [1.82, 2.24) is 5.32 Å². The number of hydrogen-bond donors (Lipinski definition) is 0. The second kappa shape index (κ2) is 2.70. The summed E-state index contributed by atoms with van der Waals surface area (Å²) >= 11 is 0. The van der Waals surface area contributed by atoms with Gasteiger partial charge in [-0.3, -0.25) is 4.79 Å². The molecule has 53 valence electrons. The smallest absolute Gasteiger partial charge is 0.262 e. The van der Waals surface area contributed by atoms with Gasteiger partial charge in [0.25, 0.3) is 0 Å². The Morgan fingerprint density at radius 1 is 1.56 bits per heavy atom. The Hall–Kier alpha value is -0.740. The Morgan fingerprint density at radius 2 is 2.00 bits per heavy atom. The largest absolute Gasteiger partial charge is 0.473 e. The van der Waals surface area contributed by atoms with Crippen molar-refractivity contribution in [2.24, 2.45) is 0 Å². The van der Waals surface area contributed by atoms with E-state index >= 15 is 0 Å². The van der Waals surface area contributed by atoms with Gasteiger partial charge in [0.05, 0.1) is 0 Å². The highest BCUT2D eigenvalue weighted by molar-refractivity contribution is 5.81. The van der Waals surface area contributed by atoms with Crippen molar-refractivity contribution in [3.8, 4) is 0 Å². The van der Waals surface area contributed by atoms with Crippen molar-refractivity contribution in [3.05, 3.63) is 0 Å². The summed E-state index contributed by atoms with van der Waals surface area (Å²) in [7, 11) is 0. The molecule has 0 spiro atoms. The molecule has 0 saturated carbocycles. The van der Waals surface area contributed by atoms with Gasteiger partial charge in [0.1, 0.15) is 0 Å². The van der Waals surface area contributed by atoms with Crippen molar-refractivity contribution in [2.45, 2.75) is 13.1 Å². The minimum atomic E-state index is -4.80. The van der Waals surface area contributed by atoms with Gasteiger partial charge >= 0.3 is 12.1 Å². The predicted molar refractivity (Wildman–Crippen MR) is 23.7 cm³/mol. The summed E-state index contributed by atoms with van der Waals surface area (Å²) in [5, 5.41) is 2.63. The highest BCUT2D eigenvalue weighted by Crippen LogP contribution is 2.14. The molecular weight excluding hydrogens is 135 g/mol. The third kappa shape index (κ3) is 2.94. The molecule has 1 radical (unpaired) electrons. The lowest BCUT2D eigenvalue weighted by molar-refractivity contribution is -0.173. The van der Waals surface area contributed by atoms with Gasteiger partial charge in [-0.15, -0.1) is 0 Å². The first-order chi connectivity index (χ1) is 3.98. The highest BCUT2D eigenvalue weighted by Gasteiger charge is 2.38. The quantitative estimate of drug-likeness (QED) is 0.527. The van der Waals surface area contributed by atoms with Crippen LogP contribution in [0.25, 0.3) is 0 Å². The minimum Gasteiger partial charge on any atom is -0.262 e. The first kappa shape index (κ1) is 8.26. The van der Waals surface area contributed by atoms with Crippen LogP contribution in [0.1, 0.15) is 6.92 Å². The van der Waals surface area contributed by atoms with Gasteiger partial charge < -0.3 is 0 Å². The van der Waals surface area contributed by atoms with Crippen LogP contribution in [0.2, 0.25) is 0 Å². The topological polar surface area (TPSA) is 31.2 Å². The Balaban J connectivity index is 3.74. The summed E-state index contributed by atoms with van der Waals surface area (Å²) in [6, 6.07) is 0. The zero-order valence-corrected chi connectivity index (χ0v) is 4.70. The van der Waals surface area contributed by atoms with E-state index in [1.54, 1.807) is 0 Å². The maximum Gasteiger partial charge on any atom is 0.473 e. The van der Waals surface area contributed by atoms with E-state index in [0.717, 1.165) is 0 Å². The van der Waals surface area contributed by atoms with Crippen molar-refractivity contribution in [2.75, 3.05) is 6.54 Å². The molecule has 0 aromatic carbocycles. The minimum absolute atomic E-state index is 0.127. The van der Waals surface area contributed by atoms with Gasteiger partial charge in [-0.05, 0) is 6.92 Å². The molecule has 0 saturated heterocycles. The lowest BCUT2D eigenvalue weighted by Gasteiger charge is -2.01. The van der Waals surface area contributed by atoms with E-state index in [4.69, 9.17) is 0 Å². The van der Waals surface area contributed by atoms with E-state index in [2.05, 4.69) is 5.32 Å². The molecule has 0 rings (SSSR count). The monoisotopic (exact) mass is 140 g/mol. The molecule has 0 fully saturated rings. The Morgan fingerprint density at radius 3 is 2.11 bits per heavy atom. The van der Waals surface area contributed by atoms with Gasteiger partial charge in [0.15, 0.2) is 0 Å². The number of nitrogens with zero attached hydrogens (tertiary/aromatic N) is 1. The summed E-state index contributed by atoms with van der Waals surface area (Å²) in [6.45, 7) is 1.24. The molecular formula is C4H5F3NO. The van der Waals surface area contributed by atoms with Crippen molar-refractivity contribution >= 4 is 5.91 Å². The molecule has 0 bridgehead atoms. The molecule has 0 atom stereocenters. The van der Waals surface area contributed by atoms with Crippen LogP contribution >= 0.6 is 0 Å². The van der Waals surface area contributed by atoms with Crippen LogP contribution in [-0.2, 0) is 4.79 Å². The average molecular weight is 140 g/mol. The summed E-state index contributed by atoms with van der Waals surface area (Å²) in [5.74, 6) is -2.01. The summed E-state index contributed by atoms with van der Waals surface area (Å²) in [4.78, 5) is 9.77. The van der Waals surface area contributed by atoms with Gasteiger partial charge in [-0.2, -0.15) is 13.2 Å². The van der Waals surface area contributed by atoms with Crippen molar-refractivity contribution < 1.29 is 18.0 Å². The third-order valence-corrected chi connectivity index (χ3v) is 0.544. The van der Waals surface area contributed by atoms with Gasteiger partial charge in [-0.1, -0.05) is 0 Å². The van der Waals surface area contributed by atoms with Gasteiger partial charge in [0.2, 0.25) is 0 Å². The number of hydrogen-bond acceptors (Lipinski definition) is 1. The summed E-state index contributed by atoms with van der Waals surface area (Å²) < 4.78 is 33.6. The SMILES string of the molecule is CC[N]C(=O)C(F)(F)F. The molecule has 0 aliphatic rings.